The summed E-state index contributed by atoms with van der Waals surface area (Å²) in [6.07, 6.45) is 3.10. The summed E-state index contributed by atoms with van der Waals surface area (Å²) in [5.74, 6) is 0.132. The summed E-state index contributed by atoms with van der Waals surface area (Å²) in [7, 11) is 0. The lowest BCUT2D eigenvalue weighted by Gasteiger charge is -2.10. The Morgan fingerprint density at radius 2 is 1.96 bits per heavy atom. The number of nitro benzene ring substituents is 1. The number of nitro groups is 1. The zero-order valence-corrected chi connectivity index (χ0v) is 15.6. The van der Waals surface area contributed by atoms with Crippen LogP contribution in [0.1, 0.15) is 11.1 Å². The highest BCUT2D eigenvalue weighted by atomic mass is 32.2. The van der Waals surface area contributed by atoms with Crippen molar-refractivity contribution in [2.75, 3.05) is 6.54 Å². The summed E-state index contributed by atoms with van der Waals surface area (Å²) in [6, 6.07) is 13.3. The maximum absolute atomic E-state index is 12.4. The number of hydrogen-bond acceptors (Lipinski definition) is 6. The van der Waals surface area contributed by atoms with Gasteiger partial charge < -0.3 is 4.74 Å². The summed E-state index contributed by atoms with van der Waals surface area (Å²) in [4.78, 5) is 36.2. The standard InChI is InChI=1S/C20H16N2O5S/c1-2-10-21-19(23)18(28-20(21)24)12-15-7-3-4-9-17(15)27-13-14-6-5-8-16(11-14)22(25)26/h2-9,11-12H,1,10,13H2/b18-12+. The van der Waals surface area contributed by atoms with Crippen LogP contribution in [0.2, 0.25) is 0 Å². The fourth-order valence-electron chi connectivity index (χ4n) is 2.58. The maximum atomic E-state index is 12.4. The van der Waals surface area contributed by atoms with Gasteiger partial charge in [0.05, 0.1) is 9.83 Å². The average molecular weight is 396 g/mol. The Bertz CT molecular complexity index is 986. The predicted octanol–water partition coefficient (Wildman–Crippen LogP) is 4.40. The number of nitrogens with zero attached hydrogens (tertiary/aromatic N) is 2. The number of carbonyl (C=O) groups excluding carboxylic acids is 2. The summed E-state index contributed by atoms with van der Waals surface area (Å²) < 4.78 is 5.80. The smallest absolute Gasteiger partial charge is 0.293 e. The molecule has 0 unspecified atom stereocenters. The van der Waals surface area contributed by atoms with E-state index < -0.39 is 4.92 Å². The summed E-state index contributed by atoms with van der Waals surface area (Å²) in [5, 5.41) is 10.5. The Labute approximate surface area is 165 Å². The molecule has 1 aliphatic heterocycles. The number of non-ortho nitro benzene ring substituents is 1. The quantitative estimate of drug-likeness (QED) is 0.298. The lowest BCUT2D eigenvalue weighted by atomic mass is 10.1. The summed E-state index contributed by atoms with van der Waals surface area (Å²) in [6.45, 7) is 3.84. The van der Waals surface area contributed by atoms with Gasteiger partial charge in [-0.15, -0.1) is 6.58 Å². The van der Waals surface area contributed by atoms with Gasteiger partial charge >= 0.3 is 0 Å². The monoisotopic (exact) mass is 396 g/mol. The summed E-state index contributed by atoms with van der Waals surface area (Å²) >= 11 is 0.865. The molecule has 0 spiro atoms. The largest absolute Gasteiger partial charge is 0.488 e. The molecule has 1 saturated heterocycles. The second-order valence-corrected chi connectivity index (χ2v) is 6.83. The van der Waals surface area contributed by atoms with Crippen LogP contribution in [0.15, 0.2) is 66.1 Å². The van der Waals surface area contributed by atoms with Gasteiger partial charge in [-0.05, 0) is 29.5 Å². The second kappa shape index (κ2) is 8.53. The number of hydrogen-bond donors (Lipinski definition) is 0. The molecule has 3 rings (SSSR count). The maximum Gasteiger partial charge on any atom is 0.293 e. The zero-order valence-electron chi connectivity index (χ0n) is 14.7. The van der Waals surface area contributed by atoms with E-state index in [1.807, 2.05) is 0 Å². The first kappa shape index (κ1) is 19.4. The van der Waals surface area contributed by atoms with Crippen LogP contribution in [0.25, 0.3) is 6.08 Å². The Balaban J connectivity index is 1.80. The number of amides is 2. The first-order valence-electron chi connectivity index (χ1n) is 8.31. The highest BCUT2D eigenvalue weighted by Crippen LogP contribution is 2.34. The Hall–Kier alpha value is -3.39. The molecule has 0 atom stereocenters. The fourth-order valence-corrected chi connectivity index (χ4v) is 3.42. The van der Waals surface area contributed by atoms with Crippen molar-refractivity contribution >= 4 is 34.7 Å². The van der Waals surface area contributed by atoms with Crippen molar-refractivity contribution in [3.8, 4) is 5.75 Å². The molecule has 0 aliphatic carbocycles. The third-order valence-electron chi connectivity index (χ3n) is 3.91. The molecule has 2 aromatic rings. The molecule has 2 aromatic carbocycles. The SMILES string of the molecule is C=CCN1C(=O)S/C(=C/c2ccccc2OCc2cccc([N+](=O)[O-])c2)C1=O. The van der Waals surface area contributed by atoms with E-state index in [2.05, 4.69) is 6.58 Å². The van der Waals surface area contributed by atoms with Crippen LogP contribution in [0, 0.1) is 10.1 Å². The third kappa shape index (κ3) is 4.29. The number of imide groups is 1. The van der Waals surface area contributed by atoms with E-state index in [-0.39, 0.29) is 30.0 Å². The highest BCUT2D eigenvalue weighted by Gasteiger charge is 2.34. The van der Waals surface area contributed by atoms with Gasteiger partial charge in [0.15, 0.2) is 0 Å². The van der Waals surface area contributed by atoms with Crippen molar-refractivity contribution in [2.24, 2.45) is 0 Å². The van der Waals surface area contributed by atoms with Gasteiger partial charge in [-0.25, -0.2) is 0 Å². The van der Waals surface area contributed by atoms with Crippen molar-refractivity contribution in [1.29, 1.82) is 0 Å². The minimum Gasteiger partial charge on any atom is -0.488 e. The highest BCUT2D eigenvalue weighted by molar-refractivity contribution is 8.18. The Morgan fingerprint density at radius 1 is 1.18 bits per heavy atom. The van der Waals surface area contributed by atoms with Gasteiger partial charge in [0, 0.05) is 24.2 Å². The predicted molar refractivity (Wildman–Crippen MR) is 107 cm³/mol. The van der Waals surface area contributed by atoms with E-state index in [9.17, 15) is 19.7 Å². The minimum absolute atomic E-state index is 0.00900. The van der Waals surface area contributed by atoms with Crippen LogP contribution in [0.4, 0.5) is 10.5 Å². The molecule has 2 amide bonds. The van der Waals surface area contributed by atoms with Crippen LogP contribution in [-0.4, -0.2) is 27.5 Å². The van der Waals surface area contributed by atoms with Crippen LogP contribution >= 0.6 is 11.8 Å². The lowest BCUT2D eigenvalue weighted by Crippen LogP contribution is -2.27. The van der Waals surface area contributed by atoms with Crippen LogP contribution in [-0.2, 0) is 11.4 Å². The van der Waals surface area contributed by atoms with Gasteiger partial charge in [-0.2, -0.15) is 0 Å². The van der Waals surface area contributed by atoms with E-state index in [0.717, 1.165) is 16.7 Å². The van der Waals surface area contributed by atoms with Gasteiger partial charge in [0.25, 0.3) is 16.8 Å². The molecule has 0 N–H and O–H groups in total. The van der Waals surface area contributed by atoms with Crippen LogP contribution < -0.4 is 4.74 Å². The number of thioether (sulfide) groups is 1. The fraction of sp³-hybridized carbons (Fsp3) is 0.100. The normalized spacial score (nSPS) is 15.1. The minimum atomic E-state index is -0.462. The topological polar surface area (TPSA) is 89.8 Å². The van der Waals surface area contributed by atoms with E-state index in [4.69, 9.17) is 4.74 Å². The molecule has 0 radical (unpaired) electrons. The second-order valence-electron chi connectivity index (χ2n) is 5.83. The Kier molecular flexibility index (Phi) is 5.90. The molecule has 0 aromatic heterocycles. The Morgan fingerprint density at radius 3 is 2.71 bits per heavy atom. The first-order chi connectivity index (χ1) is 13.5. The molecular weight excluding hydrogens is 380 g/mol. The third-order valence-corrected chi connectivity index (χ3v) is 4.81. The molecule has 1 fully saturated rings. The van der Waals surface area contributed by atoms with Gasteiger partial charge in [-0.1, -0.05) is 36.4 Å². The van der Waals surface area contributed by atoms with Crippen molar-refractivity contribution < 1.29 is 19.2 Å². The number of rotatable bonds is 7. The molecule has 142 valence electrons. The van der Waals surface area contributed by atoms with Gasteiger partial charge in [-0.3, -0.25) is 24.6 Å². The van der Waals surface area contributed by atoms with Crippen LogP contribution in [0.3, 0.4) is 0 Å². The van der Waals surface area contributed by atoms with Gasteiger partial charge in [0.1, 0.15) is 12.4 Å². The van der Waals surface area contributed by atoms with Crippen LogP contribution in [0.5, 0.6) is 5.75 Å². The number of para-hydroxylation sites is 1. The van der Waals surface area contributed by atoms with Crippen molar-refractivity contribution in [1.82, 2.24) is 4.90 Å². The molecule has 1 aliphatic rings. The van der Waals surface area contributed by atoms with Crippen molar-refractivity contribution in [3.05, 3.63) is 87.3 Å². The molecule has 7 nitrogen and oxygen atoms in total. The van der Waals surface area contributed by atoms with Crippen molar-refractivity contribution in [2.45, 2.75) is 6.61 Å². The zero-order chi connectivity index (χ0) is 20.1. The molecular formula is C20H16N2O5S. The number of ether oxygens (including phenoxy) is 1. The first-order valence-corrected chi connectivity index (χ1v) is 9.12. The van der Waals surface area contributed by atoms with Gasteiger partial charge in [0.2, 0.25) is 0 Å². The molecule has 28 heavy (non-hydrogen) atoms. The van der Waals surface area contributed by atoms with E-state index in [0.29, 0.717) is 21.8 Å². The number of carbonyl (C=O) groups is 2. The lowest BCUT2D eigenvalue weighted by molar-refractivity contribution is -0.384. The molecule has 1 heterocycles. The molecule has 0 bridgehead atoms. The van der Waals surface area contributed by atoms with E-state index >= 15 is 0 Å². The number of benzene rings is 2. The molecule has 0 saturated carbocycles. The molecule has 8 heteroatoms. The van der Waals surface area contributed by atoms with Crippen molar-refractivity contribution in [3.63, 3.8) is 0 Å². The summed E-state index contributed by atoms with van der Waals surface area (Å²) in [5.41, 5.74) is 1.28. The van der Waals surface area contributed by atoms with E-state index in [1.54, 1.807) is 42.5 Å². The average Bonchev–Trinajstić information content (AvgIpc) is 2.95. The van der Waals surface area contributed by atoms with E-state index in [1.165, 1.54) is 18.2 Å².